The van der Waals surface area contributed by atoms with E-state index in [9.17, 15) is 4.79 Å². The highest BCUT2D eigenvalue weighted by Crippen LogP contribution is 2.11. The fourth-order valence-electron chi connectivity index (χ4n) is 1.57. The number of nitrogens with zero attached hydrogens (tertiary/aromatic N) is 1. The Bertz CT molecular complexity index is 551. The smallest absolute Gasteiger partial charge is 0.251 e. The van der Waals surface area contributed by atoms with Crippen LogP contribution in [0, 0.1) is 6.92 Å². The van der Waals surface area contributed by atoms with Gasteiger partial charge in [0.2, 0.25) is 0 Å². The molecular formula is C13H13BrN2O2. The summed E-state index contributed by atoms with van der Waals surface area (Å²) >= 11 is 3.34. The number of aromatic nitrogens is 1. The minimum absolute atomic E-state index is 0.0866. The van der Waals surface area contributed by atoms with Crippen molar-refractivity contribution in [1.29, 1.82) is 0 Å². The first kappa shape index (κ1) is 12.8. The van der Waals surface area contributed by atoms with E-state index in [0.29, 0.717) is 18.5 Å². The van der Waals surface area contributed by atoms with E-state index in [1.807, 2.05) is 25.1 Å². The van der Waals surface area contributed by atoms with Gasteiger partial charge in [0.05, 0.1) is 5.69 Å². The number of carbonyl (C=O) groups excluding carboxylic acids is 1. The Kier molecular flexibility index (Phi) is 4.15. The summed E-state index contributed by atoms with van der Waals surface area (Å²) in [6, 6.07) is 9.15. The van der Waals surface area contributed by atoms with Gasteiger partial charge in [0.1, 0.15) is 5.76 Å². The van der Waals surface area contributed by atoms with Crippen LogP contribution in [0.25, 0.3) is 0 Å². The van der Waals surface area contributed by atoms with Crippen LogP contribution < -0.4 is 5.32 Å². The average Bonchev–Trinajstić information content (AvgIpc) is 2.75. The van der Waals surface area contributed by atoms with Crippen LogP contribution in [-0.4, -0.2) is 17.6 Å². The van der Waals surface area contributed by atoms with Crippen LogP contribution in [0.2, 0.25) is 0 Å². The molecule has 0 spiro atoms. The van der Waals surface area contributed by atoms with E-state index in [0.717, 1.165) is 15.9 Å². The number of halogens is 1. The van der Waals surface area contributed by atoms with Gasteiger partial charge in [0.25, 0.3) is 5.91 Å². The van der Waals surface area contributed by atoms with Gasteiger partial charge in [-0.3, -0.25) is 4.79 Å². The molecule has 1 heterocycles. The number of nitrogens with one attached hydrogen (secondary N) is 1. The number of hydrogen-bond acceptors (Lipinski definition) is 3. The van der Waals surface area contributed by atoms with E-state index in [1.165, 1.54) is 0 Å². The van der Waals surface area contributed by atoms with E-state index in [1.54, 1.807) is 12.1 Å². The number of rotatable bonds is 4. The molecule has 0 aliphatic carbocycles. The quantitative estimate of drug-likeness (QED) is 0.945. The zero-order valence-electron chi connectivity index (χ0n) is 9.94. The lowest BCUT2D eigenvalue weighted by atomic mass is 10.2. The summed E-state index contributed by atoms with van der Waals surface area (Å²) in [5.74, 6) is 0.694. The molecular weight excluding hydrogens is 296 g/mol. The van der Waals surface area contributed by atoms with Crippen LogP contribution in [0.5, 0.6) is 0 Å². The van der Waals surface area contributed by atoms with Gasteiger partial charge in [-0.1, -0.05) is 27.2 Å². The largest absolute Gasteiger partial charge is 0.361 e. The number of amides is 1. The molecule has 1 aromatic carbocycles. The predicted molar refractivity (Wildman–Crippen MR) is 71.4 cm³/mol. The zero-order valence-corrected chi connectivity index (χ0v) is 11.5. The van der Waals surface area contributed by atoms with E-state index in [4.69, 9.17) is 4.52 Å². The summed E-state index contributed by atoms with van der Waals surface area (Å²) in [4.78, 5) is 11.8. The molecule has 1 amide bonds. The van der Waals surface area contributed by atoms with Crippen molar-refractivity contribution in [1.82, 2.24) is 10.5 Å². The molecule has 0 aliphatic heterocycles. The number of aryl methyl sites for hydroxylation is 1. The third-order valence-corrected chi connectivity index (χ3v) is 2.92. The number of benzene rings is 1. The maximum atomic E-state index is 11.8. The Morgan fingerprint density at radius 1 is 1.44 bits per heavy atom. The van der Waals surface area contributed by atoms with E-state index < -0.39 is 0 Å². The Balaban J connectivity index is 1.85. The van der Waals surface area contributed by atoms with Crippen molar-refractivity contribution in [2.45, 2.75) is 13.3 Å². The summed E-state index contributed by atoms with van der Waals surface area (Å²) < 4.78 is 5.84. The van der Waals surface area contributed by atoms with Gasteiger partial charge in [-0.15, -0.1) is 0 Å². The van der Waals surface area contributed by atoms with Crippen molar-refractivity contribution < 1.29 is 9.32 Å². The molecule has 5 heteroatoms. The summed E-state index contributed by atoms with van der Waals surface area (Å²) in [5.41, 5.74) is 1.49. The van der Waals surface area contributed by atoms with Gasteiger partial charge in [-0.25, -0.2) is 0 Å². The fourth-order valence-corrected chi connectivity index (χ4v) is 1.97. The van der Waals surface area contributed by atoms with Crippen LogP contribution in [0.15, 0.2) is 39.3 Å². The fraction of sp³-hybridized carbons (Fsp3) is 0.231. The summed E-state index contributed by atoms with van der Waals surface area (Å²) in [7, 11) is 0. The highest BCUT2D eigenvalue weighted by Gasteiger charge is 2.06. The molecule has 0 atom stereocenters. The third-order valence-electron chi connectivity index (χ3n) is 2.43. The topological polar surface area (TPSA) is 55.1 Å². The molecule has 0 fully saturated rings. The molecule has 4 nitrogen and oxygen atoms in total. The summed E-state index contributed by atoms with van der Waals surface area (Å²) in [6.07, 6.45) is 0.664. The number of hydrogen-bond donors (Lipinski definition) is 1. The maximum absolute atomic E-state index is 11.8. The molecule has 1 N–H and O–H groups in total. The minimum Gasteiger partial charge on any atom is -0.361 e. The standard InChI is InChI=1S/C13H13BrN2O2/c1-9-7-12(16-18-9)5-6-15-13(17)10-3-2-4-11(14)8-10/h2-4,7-8H,5-6H2,1H3,(H,15,17). The van der Waals surface area contributed by atoms with Crippen molar-refractivity contribution in [2.24, 2.45) is 0 Å². The molecule has 0 radical (unpaired) electrons. The lowest BCUT2D eigenvalue weighted by molar-refractivity contribution is 0.0954. The first-order valence-corrected chi connectivity index (χ1v) is 6.40. The average molecular weight is 309 g/mol. The lowest BCUT2D eigenvalue weighted by Gasteiger charge is -2.04. The normalized spacial score (nSPS) is 10.3. The Morgan fingerprint density at radius 2 is 2.28 bits per heavy atom. The predicted octanol–water partition coefficient (Wildman–Crippen LogP) is 2.72. The van der Waals surface area contributed by atoms with E-state index in [-0.39, 0.29) is 5.91 Å². The van der Waals surface area contributed by atoms with E-state index in [2.05, 4.69) is 26.4 Å². The second-order valence-electron chi connectivity index (χ2n) is 3.95. The van der Waals surface area contributed by atoms with Crippen molar-refractivity contribution in [2.75, 3.05) is 6.54 Å². The van der Waals surface area contributed by atoms with Gasteiger partial charge in [0, 0.05) is 29.1 Å². The lowest BCUT2D eigenvalue weighted by Crippen LogP contribution is -2.25. The van der Waals surface area contributed by atoms with Crippen LogP contribution >= 0.6 is 15.9 Å². The molecule has 2 aromatic rings. The molecule has 1 aromatic heterocycles. The Labute approximate surface area is 113 Å². The maximum Gasteiger partial charge on any atom is 0.251 e. The Morgan fingerprint density at radius 3 is 2.94 bits per heavy atom. The van der Waals surface area contributed by atoms with Crippen molar-refractivity contribution in [3.8, 4) is 0 Å². The molecule has 0 bridgehead atoms. The SMILES string of the molecule is Cc1cc(CCNC(=O)c2cccc(Br)c2)no1. The highest BCUT2D eigenvalue weighted by atomic mass is 79.9. The summed E-state index contributed by atoms with van der Waals surface area (Å²) in [6.45, 7) is 2.38. The van der Waals surface area contributed by atoms with Crippen LogP contribution in [0.1, 0.15) is 21.8 Å². The van der Waals surface area contributed by atoms with Crippen molar-refractivity contribution in [3.63, 3.8) is 0 Å². The second-order valence-corrected chi connectivity index (χ2v) is 4.86. The Hall–Kier alpha value is -1.62. The first-order chi connectivity index (χ1) is 8.65. The number of carbonyl (C=O) groups is 1. The first-order valence-electron chi connectivity index (χ1n) is 5.61. The molecule has 0 aliphatic rings. The van der Waals surface area contributed by atoms with Gasteiger partial charge in [-0.05, 0) is 25.1 Å². The zero-order chi connectivity index (χ0) is 13.0. The minimum atomic E-state index is -0.0866. The van der Waals surface area contributed by atoms with E-state index >= 15 is 0 Å². The molecule has 18 heavy (non-hydrogen) atoms. The van der Waals surface area contributed by atoms with Crippen LogP contribution in [-0.2, 0) is 6.42 Å². The van der Waals surface area contributed by atoms with Crippen molar-refractivity contribution in [3.05, 3.63) is 51.8 Å². The molecule has 94 valence electrons. The second kappa shape index (κ2) is 5.82. The van der Waals surface area contributed by atoms with Gasteiger partial charge in [-0.2, -0.15) is 0 Å². The molecule has 2 rings (SSSR count). The molecule has 0 unspecified atom stereocenters. The molecule has 0 saturated heterocycles. The molecule has 0 saturated carbocycles. The summed E-state index contributed by atoms with van der Waals surface area (Å²) in [5, 5.41) is 6.71. The van der Waals surface area contributed by atoms with Crippen LogP contribution in [0.4, 0.5) is 0 Å². The van der Waals surface area contributed by atoms with Gasteiger partial charge >= 0.3 is 0 Å². The van der Waals surface area contributed by atoms with Gasteiger partial charge in [0.15, 0.2) is 0 Å². The third kappa shape index (κ3) is 3.43. The highest BCUT2D eigenvalue weighted by molar-refractivity contribution is 9.10. The van der Waals surface area contributed by atoms with Crippen molar-refractivity contribution >= 4 is 21.8 Å². The van der Waals surface area contributed by atoms with Crippen LogP contribution in [0.3, 0.4) is 0 Å². The van der Waals surface area contributed by atoms with Gasteiger partial charge < -0.3 is 9.84 Å². The monoisotopic (exact) mass is 308 g/mol.